The molecule has 2 heterocycles. The van der Waals surface area contributed by atoms with Gasteiger partial charge in [0.05, 0.1) is 18.4 Å². The zero-order chi connectivity index (χ0) is 20.4. The van der Waals surface area contributed by atoms with Crippen molar-refractivity contribution in [3.05, 3.63) is 86.5 Å². The van der Waals surface area contributed by atoms with E-state index in [0.717, 1.165) is 24.3 Å². The monoisotopic (exact) mass is 432 g/mol. The predicted octanol–water partition coefficient (Wildman–Crippen LogP) is 4.06. The van der Waals surface area contributed by atoms with Crippen molar-refractivity contribution in [1.82, 2.24) is 9.78 Å². The fraction of sp³-hybridized carbons (Fsp3) is 0.238. The van der Waals surface area contributed by atoms with Gasteiger partial charge >= 0.3 is 0 Å². The summed E-state index contributed by atoms with van der Waals surface area (Å²) in [5.74, 6) is -0.248. The number of piperazine rings is 1. The second-order valence-electron chi connectivity index (χ2n) is 6.85. The van der Waals surface area contributed by atoms with Gasteiger partial charge in [0.2, 0.25) is 0 Å². The van der Waals surface area contributed by atoms with E-state index in [0.29, 0.717) is 23.8 Å². The fourth-order valence-electron chi connectivity index (χ4n) is 3.43. The number of halogens is 3. The number of aromatic nitrogens is 2. The van der Waals surface area contributed by atoms with E-state index in [4.69, 9.17) is 23.2 Å². The molecule has 0 amide bonds. The van der Waals surface area contributed by atoms with E-state index in [1.165, 1.54) is 16.8 Å². The highest BCUT2D eigenvalue weighted by Crippen LogP contribution is 2.25. The third-order valence-corrected chi connectivity index (χ3v) is 5.78. The first-order valence-electron chi connectivity index (χ1n) is 9.27. The molecule has 150 valence electrons. The second-order valence-corrected chi connectivity index (χ2v) is 7.63. The summed E-state index contributed by atoms with van der Waals surface area (Å²) in [4.78, 5) is 16.9. The highest BCUT2D eigenvalue weighted by molar-refractivity contribution is 6.33. The molecule has 5 nitrogen and oxygen atoms in total. The minimum Gasteiger partial charge on any atom is -0.368 e. The molecular formula is C21H19Cl2FN4O. The Kier molecular flexibility index (Phi) is 5.74. The van der Waals surface area contributed by atoms with Gasteiger partial charge in [-0.1, -0.05) is 41.4 Å². The third kappa shape index (κ3) is 4.23. The van der Waals surface area contributed by atoms with Gasteiger partial charge < -0.3 is 9.80 Å². The van der Waals surface area contributed by atoms with Crippen LogP contribution in [0, 0.1) is 5.82 Å². The molecular weight excluding hydrogens is 414 g/mol. The van der Waals surface area contributed by atoms with Crippen molar-refractivity contribution in [2.75, 3.05) is 36.0 Å². The first kappa shape index (κ1) is 19.7. The number of nitrogens with zero attached hydrogens (tertiary/aromatic N) is 4. The molecule has 8 heteroatoms. The molecule has 4 rings (SSSR count). The molecule has 0 spiro atoms. The first-order chi connectivity index (χ1) is 14.0. The molecule has 0 unspecified atom stereocenters. The fourth-order valence-corrected chi connectivity index (χ4v) is 3.90. The molecule has 0 aliphatic carbocycles. The minimum atomic E-state index is -0.343. The highest BCUT2D eigenvalue weighted by Gasteiger charge is 2.21. The average molecular weight is 433 g/mol. The van der Waals surface area contributed by atoms with Gasteiger partial charge in [-0.25, -0.2) is 9.07 Å². The first-order valence-corrected chi connectivity index (χ1v) is 10.0. The molecule has 1 aliphatic rings. The molecule has 0 atom stereocenters. The van der Waals surface area contributed by atoms with Crippen LogP contribution in [0.3, 0.4) is 0 Å². The minimum absolute atomic E-state index is 0.155. The normalized spacial score (nSPS) is 14.3. The molecule has 29 heavy (non-hydrogen) atoms. The van der Waals surface area contributed by atoms with E-state index in [1.54, 1.807) is 24.4 Å². The molecule has 0 N–H and O–H groups in total. The quantitative estimate of drug-likeness (QED) is 0.623. The van der Waals surface area contributed by atoms with Gasteiger partial charge in [-0.3, -0.25) is 4.79 Å². The zero-order valence-electron chi connectivity index (χ0n) is 15.6. The van der Waals surface area contributed by atoms with E-state index in [9.17, 15) is 9.18 Å². The Morgan fingerprint density at radius 1 is 0.931 bits per heavy atom. The van der Waals surface area contributed by atoms with Crippen molar-refractivity contribution in [3.63, 3.8) is 0 Å². The van der Waals surface area contributed by atoms with Gasteiger partial charge in [-0.05, 0) is 35.9 Å². The van der Waals surface area contributed by atoms with Crippen LogP contribution in [0.15, 0.2) is 59.5 Å². The zero-order valence-corrected chi connectivity index (χ0v) is 17.1. The Hall–Kier alpha value is -2.57. The standard InChI is InChI=1S/C21H19Cl2FN4O/c22-18-4-2-1-3-15(18)14-28-21(29)20(23)19(13-25-28)27-11-9-26(10-12-27)17-7-5-16(24)6-8-17/h1-8,13H,9-12,14H2. The van der Waals surface area contributed by atoms with Gasteiger partial charge in [0.15, 0.2) is 0 Å². The Morgan fingerprint density at radius 3 is 2.28 bits per heavy atom. The lowest BCUT2D eigenvalue weighted by molar-refractivity contribution is 0.618. The smallest absolute Gasteiger partial charge is 0.287 e. The highest BCUT2D eigenvalue weighted by atomic mass is 35.5. The molecule has 1 aliphatic heterocycles. The summed E-state index contributed by atoms with van der Waals surface area (Å²) in [6.07, 6.45) is 1.63. The van der Waals surface area contributed by atoms with Crippen LogP contribution in [-0.4, -0.2) is 36.0 Å². The molecule has 0 bridgehead atoms. The molecule has 1 aromatic heterocycles. The third-order valence-electron chi connectivity index (χ3n) is 5.06. The van der Waals surface area contributed by atoms with Crippen LogP contribution < -0.4 is 15.4 Å². The van der Waals surface area contributed by atoms with Crippen molar-refractivity contribution in [1.29, 1.82) is 0 Å². The van der Waals surface area contributed by atoms with Crippen molar-refractivity contribution in [2.24, 2.45) is 0 Å². The number of hydrogen-bond donors (Lipinski definition) is 0. The Labute approximate surface area is 177 Å². The van der Waals surface area contributed by atoms with E-state index in [-0.39, 0.29) is 22.9 Å². The van der Waals surface area contributed by atoms with Crippen LogP contribution in [0.25, 0.3) is 0 Å². The average Bonchev–Trinajstić information content (AvgIpc) is 2.74. The number of anilines is 2. The van der Waals surface area contributed by atoms with E-state index < -0.39 is 0 Å². The maximum Gasteiger partial charge on any atom is 0.287 e. The molecule has 0 radical (unpaired) electrons. The molecule has 3 aromatic rings. The lowest BCUT2D eigenvalue weighted by Gasteiger charge is -2.37. The lowest BCUT2D eigenvalue weighted by atomic mass is 10.2. The Morgan fingerprint density at radius 2 is 1.59 bits per heavy atom. The van der Waals surface area contributed by atoms with E-state index >= 15 is 0 Å². The van der Waals surface area contributed by atoms with Gasteiger partial charge in [0, 0.05) is 36.9 Å². The van der Waals surface area contributed by atoms with Crippen LogP contribution >= 0.6 is 23.2 Å². The van der Waals surface area contributed by atoms with Crippen molar-refractivity contribution in [2.45, 2.75) is 6.54 Å². The Balaban J connectivity index is 1.48. The number of rotatable bonds is 4. The van der Waals surface area contributed by atoms with E-state index in [1.807, 2.05) is 18.2 Å². The van der Waals surface area contributed by atoms with Crippen LogP contribution in [0.4, 0.5) is 15.8 Å². The van der Waals surface area contributed by atoms with Gasteiger partial charge in [-0.15, -0.1) is 0 Å². The van der Waals surface area contributed by atoms with Gasteiger partial charge in [0.25, 0.3) is 5.56 Å². The second kappa shape index (κ2) is 8.43. The van der Waals surface area contributed by atoms with Crippen molar-refractivity contribution < 1.29 is 4.39 Å². The molecule has 1 saturated heterocycles. The van der Waals surface area contributed by atoms with Crippen LogP contribution in [-0.2, 0) is 6.54 Å². The summed E-state index contributed by atoms with van der Waals surface area (Å²) < 4.78 is 14.4. The van der Waals surface area contributed by atoms with Gasteiger partial charge in [0.1, 0.15) is 10.8 Å². The van der Waals surface area contributed by atoms with Gasteiger partial charge in [-0.2, -0.15) is 5.10 Å². The van der Waals surface area contributed by atoms with Crippen molar-refractivity contribution in [3.8, 4) is 0 Å². The summed E-state index contributed by atoms with van der Waals surface area (Å²) in [6.45, 7) is 3.12. The van der Waals surface area contributed by atoms with E-state index in [2.05, 4.69) is 14.9 Å². The van der Waals surface area contributed by atoms with Crippen LogP contribution in [0.5, 0.6) is 0 Å². The summed E-state index contributed by atoms with van der Waals surface area (Å²) in [6, 6.07) is 13.8. The molecule has 0 saturated carbocycles. The topological polar surface area (TPSA) is 41.4 Å². The largest absolute Gasteiger partial charge is 0.368 e. The molecule has 2 aromatic carbocycles. The van der Waals surface area contributed by atoms with Crippen molar-refractivity contribution >= 4 is 34.6 Å². The van der Waals surface area contributed by atoms with Crippen LogP contribution in [0.1, 0.15) is 5.56 Å². The van der Waals surface area contributed by atoms with Crippen LogP contribution in [0.2, 0.25) is 10.0 Å². The SMILES string of the molecule is O=c1c(Cl)c(N2CCN(c3ccc(F)cc3)CC2)cnn1Cc1ccccc1Cl. The summed E-state index contributed by atoms with van der Waals surface area (Å²) in [5, 5.41) is 5.04. The maximum atomic E-state index is 13.1. The predicted molar refractivity (Wildman–Crippen MR) is 115 cm³/mol. The molecule has 1 fully saturated rings. The summed E-state index contributed by atoms with van der Waals surface area (Å²) >= 11 is 12.6. The maximum absolute atomic E-state index is 13.1. The lowest BCUT2D eigenvalue weighted by Crippen LogP contribution is -2.47. The summed E-state index contributed by atoms with van der Waals surface area (Å²) in [5.41, 5.74) is 2.07. The number of hydrogen-bond acceptors (Lipinski definition) is 4. The Bertz CT molecular complexity index is 1060. The summed E-state index contributed by atoms with van der Waals surface area (Å²) in [7, 11) is 0. The number of benzene rings is 2.